The van der Waals surface area contributed by atoms with Crippen molar-refractivity contribution >= 4 is 28.9 Å². The Balaban J connectivity index is 1.83. The summed E-state index contributed by atoms with van der Waals surface area (Å²) in [7, 11) is 3.61. The minimum atomic E-state index is -0.116. The molecule has 0 atom stereocenters. The van der Waals surface area contributed by atoms with Gasteiger partial charge in [-0.1, -0.05) is 18.2 Å². The number of thiazole rings is 1. The summed E-state index contributed by atoms with van der Waals surface area (Å²) in [6.45, 7) is 2.78. The zero-order chi connectivity index (χ0) is 16.7. The van der Waals surface area contributed by atoms with Gasteiger partial charge in [-0.3, -0.25) is 9.79 Å². The van der Waals surface area contributed by atoms with Crippen LogP contribution in [-0.2, 0) is 11.3 Å². The molecule has 0 unspecified atom stereocenters. The van der Waals surface area contributed by atoms with E-state index in [1.807, 2.05) is 54.6 Å². The second-order valence-corrected chi connectivity index (χ2v) is 6.09. The zero-order valence-corrected chi connectivity index (χ0v) is 14.4. The Hall–Kier alpha value is -2.41. The van der Waals surface area contributed by atoms with Gasteiger partial charge in [-0.15, -0.1) is 11.3 Å². The van der Waals surface area contributed by atoms with Gasteiger partial charge in [0, 0.05) is 25.2 Å². The topological polar surface area (TPSA) is 69.6 Å². The average molecular weight is 331 g/mol. The fourth-order valence-electron chi connectivity index (χ4n) is 2.07. The Kier molecular flexibility index (Phi) is 6.10. The molecular weight excluding hydrogens is 310 g/mol. The number of hydrogen-bond acceptors (Lipinski definition) is 4. The van der Waals surface area contributed by atoms with Crippen LogP contribution in [0.5, 0.6) is 0 Å². The number of carbonyl (C=O) groups is 1. The van der Waals surface area contributed by atoms with Crippen molar-refractivity contribution in [2.75, 3.05) is 26.0 Å². The number of carbonyl (C=O) groups excluding carboxylic acids is 1. The summed E-state index contributed by atoms with van der Waals surface area (Å²) >= 11 is 1.62. The maximum absolute atomic E-state index is 12.0. The fourth-order valence-corrected chi connectivity index (χ4v) is 2.67. The largest absolute Gasteiger partial charge is 0.347 e. The van der Waals surface area contributed by atoms with Gasteiger partial charge in [0.2, 0.25) is 5.91 Å². The van der Waals surface area contributed by atoms with Crippen molar-refractivity contribution in [3.8, 4) is 0 Å². The van der Waals surface area contributed by atoms with Crippen LogP contribution in [0.25, 0.3) is 0 Å². The van der Waals surface area contributed by atoms with Crippen LogP contribution in [0.1, 0.15) is 10.7 Å². The number of rotatable bonds is 5. The smallest absolute Gasteiger partial charge is 0.243 e. The van der Waals surface area contributed by atoms with Crippen molar-refractivity contribution in [3.05, 3.63) is 46.4 Å². The molecule has 1 aromatic heterocycles. The highest BCUT2D eigenvalue weighted by Gasteiger charge is 2.10. The van der Waals surface area contributed by atoms with Gasteiger partial charge in [0.15, 0.2) is 5.96 Å². The highest BCUT2D eigenvalue weighted by atomic mass is 32.1. The Morgan fingerprint density at radius 3 is 2.70 bits per heavy atom. The number of aromatic nitrogens is 1. The molecule has 23 heavy (non-hydrogen) atoms. The molecule has 0 saturated heterocycles. The molecule has 1 heterocycles. The molecule has 1 aromatic carbocycles. The van der Waals surface area contributed by atoms with E-state index in [4.69, 9.17) is 0 Å². The van der Waals surface area contributed by atoms with E-state index >= 15 is 0 Å². The van der Waals surface area contributed by atoms with Crippen molar-refractivity contribution in [1.29, 1.82) is 0 Å². The van der Waals surface area contributed by atoms with Crippen LogP contribution in [0.15, 0.2) is 40.7 Å². The normalized spacial score (nSPS) is 11.2. The summed E-state index contributed by atoms with van der Waals surface area (Å²) in [6.07, 6.45) is 0. The lowest BCUT2D eigenvalue weighted by atomic mass is 10.3. The van der Waals surface area contributed by atoms with Crippen LogP contribution in [0, 0.1) is 6.92 Å². The summed E-state index contributed by atoms with van der Waals surface area (Å²) < 4.78 is 0. The SMILES string of the molecule is CN=C(NCC(=O)Nc1ccccc1)N(C)Cc1csc(C)n1. The summed E-state index contributed by atoms with van der Waals surface area (Å²) in [5.41, 5.74) is 1.77. The van der Waals surface area contributed by atoms with Crippen molar-refractivity contribution in [2.24, 2.45) is 4.99 Å². The number of benzene rings is 1. The van der Waals surface area contributed by atoms with Crippen LogP contribution in [0.3, 0.4) is 0 Å². The van der Waals surface area contributed by atoms with E-state index in [1.165, 1.54) is 0 Å². The molecule has 0 radical (unpaired) electrons. The van der Waals surface area contributed by atoms with E-state index in [-0.39, 0.29) is 12.5 Å². The number of hydrogen-bond donors (Lipinski definition) is 2. The maximum atomic E-state index is 12.0. The van der Waals surface area contributed by atoms with Crippen LogP contribution < -0.4 is 10.6 Å². The predicted octanol–water partition coefficient (Wildman–Crippen LogP) is 2.10. The Labute approximate surface area is 140 Å². The van der Waals surface area contributed by atoms with Gasteiger partial charge in [-0.2, -0.15) is 0 Å². The van der Waals surface area contributed by atoms with E-state index in [9.17, 15) is 4.79 Å². The Morgan fingerprint density at radius 1 is 1.35 bits per heavy atom. The number of nitrogens with one attached hydrogen (secondary N) is 2. The van der Waals surface area contributed by atoms with Gasteiger partial charge in [0.25, 0.3) is 0 Å². The first-order chi connectivity index (χ1) is 11.1. The molecule has 0 aliphatic carbocycles. The standard InChI is InChI=1S/C16H21N5OS/c1-12-19-14(11-23-12)10-21(3)16(17-2)18-9-15(22)20-13-7-5-4-6-8-13/h4-8,11H,9-10H2,1-3H3,(H,17,18)(H,20,22). The minimum absolute atomic E-state index is 0.116. The molecule has 1 amide bonds. The summed E-state index contributed by atoms with van der Waals surface area (Å²) in [5, 5.41) is 8.95. The number of aryl methyl sites for hydroxylation is 1. The van der Waals surface area contributed by atoms with Crippen molar-refractivity contribution < 1.29 is 4.79 Å². The quantitative estimate of drug-likeness (QED) is 0.650. The third-order valence-corrected chi connectivity index (χ3v) is 3.93. The summed E-state index contributed by atoms with van der Waals surface area (Å²) in [5.74, 6) is 0.536. The number of guanidine groups is 1. The van der Waals surface area contributed by atoms with Gasteiger partial charge in [0.1, 0.15) is 0 Å². The van der Waals surface area contributed by atoms with Crippen LogP contribution in [-0.4, -0.2) is 42.4 Å². The molecule has 7 heteroatoms. The fraction of sp³-hybridized carbons (Fsp3) is 0.312. The van der Waals surface area contributed by atoms with E-state index in [0.717, 1.165) is 16.4 Å². The maximum Gasteiger partial charge on any atom is 0.243 e. The van der Waals surface area contributed by atoms with Crippen molar-refractivity contribution in [1.82, 2.24) is 15.2 Å². The van der Waals surface area contributed by atoms with Crippen LogP contribution in [0.4, 0.5) is 5.69 Å². The Bertz CT molecular complexity index is 668. The molecule has 122 valence electrons. The molecular formula is C16H21N5OS. The van der Waals surface area contributed by atoms with E-state index in [0.29, 0.717) is 12.5 Å². The number of anilines is 1. The van der Waals surface area contributed by atoms with Crippen molar-refractivity contribution in [2.45, 2.75) is 13.5 Å². The van der Waals surface area contributed by atoms with Crippen LogP contribution >= 0.6 is 11.3 Å². The molecule has 0 aliphatic rings. The van der Waals surface area contributed by atoms with Gasteiger partial charge in [-0.25, -0.2) is 4.98 Å². The van der Waals surface area contributed by atoms with Gasteiger partial charge in [-0.05, 0) is 19.1 Å². The van der Waals surface area contributed by atoms with E-state index in [1.54, 1.807) is 18.4 Å². The predicted molar refractivity (Wildman–Crippen MR) is 94.8 cm³/mol. The van der Waals surface area contributed by atoms with Gasteiger partial charge in [0.05, 0.1) is 23.8 Å². The van der Waals surface area contributed by atoms with Crippen molar-refractivity contribution in [3.63, 3.8) is 0 Å². The third kappa shape index (κ3) is 5.37. The lowest BCUT2D eigenvalue weighted by Gasteiger charge is -2.21. The van der Waals surface area contributed by atoms with Gasteiger partial charge >= 0.3 is 0 Å². The van der Waals surface area contributed by atoms with E-state index in [2.05, 4.69) is 20.6 Å². The second kappa shape index (κ2) is 8.28. The minimum Gasteiger partial charge on any atom is -0.347 e. The summed E-state index contributed by atoms with van der Waals surface area (Å²) in [4.78, 5) is 22.5. The second-order valence-electron chi connectivity index (χ2n) is 5.03. The lowest BCUT2D eigenvalue weighted by Crippen LogP contribution is -2.42. The number of amides is 1. The molecule has 2 rings (SSSR count). The number of para-hydroxylation sites is 1. The summed E-state index contributed by atoms with van der Waals surface area (Å²) in [6, 6.07) is 9.37. The molecule has 0 spiro atoms. The lowest BCUT2D eigenvalue weighted by molar-refractivity contribution is -0.115. The molecule has 6 nitrogen and oxygen atoms in total. The molecule has 0 saturated carbocycles. The number of aliphatic imine (C=N–C) groups is 1. The average Bonchev–Trinajstić information content (AvgIpc) is 2.94. The number of nitrogens with zero attached hydrogens (tertiary/aromatic N) is 3. The molecule has 0 bridgehead atoms. The highest BCUT2D eigenvalue weighted by Crippen LogP contribution is 2.09. The highest BCUT2D eigenvalue weighted by molar-refractivity contribution is 7.09. The van der Waals surface area contributed by atoms with E-state index < -0.39 is 0 Å². The van der Waals surface area contributed by atoms with Crippen LogP contribution in [0.2, 0.25) is 0 Å². The monoisotopic (exact) mass is 331 g/mol. The molecule has 2 N–H and O–H groups in total. The Morgan fingerprint density at radius 2 is 2.09 bits per heavy atom. The first-order valence-corrected chi connectivity index (χ1v) is 8.14. The van der Waals surface area contributed by atoms with Gasteiger partial charge < -0.3 is 15.5 Å². The first kappa shape index (κ1) is 17.0. The third-order valence-electron chi connectivity index (χ3n) is 3.10. The zero-order valence-electron chi connectivity index (χ0n) is 13.5. The first-order valence-electron chi connectivity index (χ1n) is 7.26. The molecule has 0 fully saturated rings. The molecule has 2 aromatic rings. The molecule has 0 aliphatic heterocycles.